The van der Waals surface area contributed by atoms with Crippen LogP contribution in [0.15, 0.2) is 11.6 Å². The number of aliphatic carboxylic acids is 1. The van der Waals surface area contributed by atoms with Gasteiger partial charge in [-0.2, -0.15) is 0 Å². The Balaban J connectivity index is 1.41. The number of rotatable bonds is 70. The second kappa shape index (κ2) is 69.5. The molecule has 4 rings (SSSR count). The van der Waals surface area contributed by atoms with E-state index in [-0.39, 0.29) is 195 Å². The average Bonchev–Trinajstić information content (AvgIpc) is 0.800. The quantitative estimate of drug-likeness (QED) is 0.0173. The van der Waals surface area contributed by atoms with Crippen LogP contribution in [0.3, 0.4) is 0 Å². The van der Waals surface area contributed by atoms with Gasteiger partial charge in [0.2, 0.25) is 47.3 Å². The highest BCUT2D eigenvalue weighted by molar-refractivity contribution is 5.94. The maximum atomic E-state index is 14.2. The summed E-state index contributed by atoms with van der Waals surface area (Å²) >= 11 is 0. The second-order valence-electron chi connectivity index (χ2n) is 31.8. The number of ether oxygens (including phenoxy) is 24. The summed E-state index contributed by atoms with van der Waals surface area (Å²) in [5.74, 6) is -11.4. The highest BCUT2D eigenvalue weighted by Crippen LogP contribution is 2.33. The van der Waals surface area contributed by atoms with Crippen LogP contribution >= 0.6 is 0 Å². The van der Waals surface area contributed by atoms with E-state index in [0.717, 1.165) is 62.3 Å². The highest BCUT2D eigenvalue weighted by Gasteiger charge is 2.55. The van der Waals surface area contributed by atoms with E-state index >= 15 is 0 Å². The molecule has 3 heterocycles. The van der Waals surface area contributed by atoms with Gasteiger partial charge in [0.15, 0.2) is 55.5 Å². The molecule has 18 atom stereocenters. The zero-order chi connectivity index (χ0) is 103. The molecule has 0 bridgehead atoms. The molecule has 790 valence electrons. The molecule has 0 aromatic heterocycles. The number of hydrogen-bond acceptors (Lipinski definition) is 42. The summed E-state index contributed by atoms with van der Waals surface area (Å²) in [4.78, 5) is 223. The Morgan fingerprint density at radius 1 is 0.295 bits per heavy atom. The molecule has 0 spiro atoms. The van der Waals surface area contributed by atoms with E-state index < -0.39 is 231 Å². The molecule has 0 radical (unpaired) electrons. The third-order valence-corrected chi connectivity index (χ3v) is 20.0. The minimum Gasteiger partial charge on any atom is -0.481 e. The molecule has 51 nitrogen and oxygen atoms in total. The van der Waals surface area contributed by atoms with Gasteiger partial charge in [0.1, 0.15) is 68.5 Å². The monoisotopic (exact) mass is 2000 g/mol. The number of hydrogen-bond donors (Lipinski definition) is 9. The number of esters is 9. The van der Waals surface area contributed by atoms with E-state index in [9.17, 15) is 86.3 Å². The summed E-state index contributed by atoms with van der Waals surface area (Å²) in [6, 6.07) is -3.58. The topological polar surface area (TPSA) is 645 Å². The van der Waals surface area contributed by atoms with Crippen LogP contribution in [0.5, 0.6) is 0 Å². The Morgan fingerprint density at radius 3 is 0.921 bits per heavy atom. The summed E-state index contributed by atoms with van der Waals surface area (Å²) in [5, 5.41) is 30.8. The molecule has 0 aromatic carbocycles. The van der Waals surface area contributed by atoms with Gasteiger partial charge in [-0.1, -0.05) is 12.8 Å². The van der Waals surface area contributed by atoms with Gasteiger partial charge < -0.3 is 161 Å². The Kier molecular flexibility index (Phi) is 60.4. The molecule has 1 aliphatic carbocycles. The van der Waals surface area contributed by atoms with Crippen molar-refractivity contribution < 1.29 is 205 Å². The van der Waals surface area contributed by atoms with Gasteiger partial charge in [0.05, 0.1) is 125 Å². The summed E-state index contributed by atoms with van der Waals surface area (Å²) in [5.41, 5.74) is 0.217. The summed E-state index contributed by atoms with van der Waals surface area (Å²) in [6.45, 7) is 12.4. The maximum Gasteiger partial charge on any atom is 0.303 e. The van der Waals surface area contributed by atoms with Gasteiger partial charge >= 0.3 is 59.7 Å². The summed E-state index contributed by atoms with van der Waals surface area (Å²) in [6.07, 6.45) is -14.2. The number of carboxylic acid groups (broad SMARTS) is 1. The third-order valence-electron chi connectivity index (χ3n) is 20.0. The van der Waals surface area contributed by atoms with Crippen LogP contribution in [0.2, 0.25) is 0 Å². The fourth-order valence-corrected chi connectivity index (χ4v) is 14.2. The molecule has 4 aliphatic rings. The van der Waals surface area contributed by atoms with E-state index in [4.69, 9.17) is 119 Å². The van der Waals surface area contributed by atoms with E-state index in [1.807, 2.05) is 0 Å². The molecule has 0 aromatic rings. The second-order valence-corrected chi connectivity index (χ2v) is 31.8. The molecule has 3 saturated heterocycles. The van der Waals surface area contributed by atoms with Crippen LogP contribution in [0.4, 0.5) is 0 Å². The molecule has 9 N–H and O–H groups in total. The Labute approximate surface area is 805 Å². The van der Waals surface area contributed by atoms with Crippen molar-refractivity contribution in [2.45, 2.75) is 270 Å². The molecule has 139 heavy (non-hydrogen) atoms. The number of nitrogens with one attached hydrogen (secondary N) is 8. The zero-order valence-corrected chi connectivity index (χ0v) is 80.9. The van der Waals surface area contributed by atoms with Gasteiger partial charge in [0, 0.05) is 160 Å². The van der Waals surface area contributed by atoms with E-state index in [2.05, 4.69) is 42.5 Å². The van der Waals surface area contributed by atoms with Crippen LogP contribution in [-0.2, 0) is 200 Å². The van der Waals surface area contributed by atoms with E-state index in [1.54, 1.807) is 6.08 Å². The first-order chi connectivity index (χ1) is 66.3. The first-order valence-electron chi connectivity index (χ1n) is 46.0. The third kappa shape index (κ3) is 52.6. The maximum absolute atomic E-state index is 14.2. The standard InChI is InChI=1S/C88H140N8O43/c1-52(97)94-75-82(134-61(10)106)79(131-58(7)103)67(49-128-55(4)100)137-86(75)125-44-41-119-38-35-116-32-26-90-71(110)21-29-122-65-47-64(85(115)93-25-18-14-13-17-24-89-70(109)19-15-16-20-74(113)114)48-66(123-30-22-72(111)91-27-33-117-36-39-120-42-45-126-87-76(95-53(2)98)83(135-62(11)107)80(132-59(8)104)68(138-87)50-129-56(5)101)78(65)124-31-23-73(112)92-28-34-118-37-40-121-43-46-127-88-77(96-54(3)99)84(136-63(12)108)81(133-60(9)105)69(139-88)51-130-57(6)102/h47,65-69,75-84,86-88H,13-46,48-51H2,1-12H3,(H,89,109)(H,90,110)(H,91,111)(H,92,112)(H,93,115)(H,94,97)(H,95,98)(H,96,99)(H,113,114)/t65-,66-,67-,68-,69-,75-,76-,77-,78-,79+,80+,81+,82-,83-,84-,86-,87-,88-/m1/s1. The van der Waals surface area contributed by atoms with Crippen molar-refractivity contribution in [2.75, 3.05) is 171 Å². The average molecular weight is 2000 g/mol. The van der Waals surface area contributed by atoms with Crippen molar-refractivity contribution in [1.29, 1.82) is 0 Å². The first-order valence-corrected chi connectivity index (χ1v) is 46.0. The normalized spacial score (nSPS) is 23.1. The number of amides is 8. The smallest absolute Gasteiger partial charge is 0.303 e. The lowest BCUT2D eigenvalue weighted by molar-refractivity contribution is -0.279. The molecular weight excluding hydrogens is 1860 g/mol. The van der Waals surface area contributed by atoms with Crippen molar-refractivity contribution in [2.24, 2.45) is 0 Å². The van der Waals surface area contributed by atoms with Crippen molar-refractivity contribution in [3.05, 3.63) is 11.6 Å². The van der Waals surface area contributed by atoms with Crippen LogP contribution in [0.25, 0.3) is 0 Å². The predicted octanol–water partition coefficient (Wildman–Crippen LogP) is -2.45. The van der Waals surface area contributed by atoms with Crippen LogP contribution < -0.4 is 42.5 Å². The number of unbranched alkanes of at least 4 members (excludes halogenated alkanes) is 4. The molecular formula is C88H140N8O43. The number of carboxylic acids is 1. The van der Waals surface area contributed by atoms with Crippen molar-refractivity contribution in [3.63, 3.8) is 0 Å². The van der Waals surface area contributed by atoms with E-state index in [1.165, 1.54) is 20.8 Å². The van der Waals surface area contributed by atoms with Crippen LogP contribution in [0.1, 0.15) is 160 Å². The van der Waals surface area contributed by atoms with E-state index in [0.29, 0.717) is 45.1 Å². The highest BCUT2D eigenvalue weighted by atomic mass is 16.7. The van der Waals surface area contributed by atoms with Gasteiger partial charge in [-0.25, -0.2) is 0 Å². The van der Waals surface area contributed by atoms with Gasteiger partial charge in [-0.3, -0.25) is 86.3 Å². The SMILES string of the molecule is CC(=O)N[C@H]1[C@H](OCCOCCOCCNC(=O)CCO[C@@H]2[C@H](OCCC(=O)NCCOCCOCCO[C@@H]3O[C@H](COC(C)=O)[C@H](OC(C)=O)[C@H](OC(C)=O)[C@H]3NC(C)=O)C=C(C(=O)NCCCCCCNC(=O)CCCCC(=O)O)C[C@H]2OCCC(=O)NCCOCCOCCO[C@@H]2O[C@H](COC(C)=O)[C@H](OC(C)=O)[C@H](OC(C)=O)[C@H]2NC(C)=O)O[C@H](COC(C)=O)[C@H](OC(C)=O)[C@@H]1OC(C)=O. The minimum atomic E-state index is -1.33. The predicted molar refractivity (Wildman–Crippen MR) is 470 cm³/mol. The molecule has 3 fully saturated rings. The molecule has 51 heteroatoms. The van der Waals surface area contributed by atoms with Crippen molar-refractivity contribution >= 4 is 107 Å². The van der Waals surface area contributed by atoms with Gasteiger partial charge in [-0.05, 0) is 31.8 Å². The van der Waals surface area contributed by atoms with Crippen molar-refractivity contribution in [1.82, 2.24) is 42.5 Å². The lowest BCUT2D eigenvalue weighted by Crippen LogP contribution is -2.66. The Morgan fingerprint density at radius 2 is 0.590 bits per heavy atom. The molecule has 0 saturated carbocycles. The molecule has 8 amide bonds. The zero-order valence-electron chi connectivity index (χ0n) is 80.9. The van der Waals surface area contributed by atoms with Crippen molar-refractivity contribution in [3.8, 4) is 0 Å². The lowest BCUT2D eigenvalue weighted by atomic mass is 9.91. The summed E-state index contributed by atoms with van der Waals surface area (Å²) < 4.78 is 137. The van der Waals surface area contributed by atoms with Crippen LogP contribution in [0, 0.1) is 0 Å². The van der Waals surface area contributed by atoms with Crippen LogP contribution in [-0.4, -0.2) is 394 Å². The number of carbonyl (C=O) groups excluding carboxylic acids is 17. The van der Waals surface area contributed by atoms with Gasteiger partial charge in [-0.15, -0.1) is 0 Å². The molecule has 3 aliphatic heterocycles. The fraction of sp³-hybridized carbons (Fsp3) is 0.773. The Bertz CT molecular complexity index is 3880. The largest absolute Gasteiger partial charge is 0.481 e. The minimum absolute atomic E-state index is 0.0256. The first kappa shape index (κ1) is 121. The number of carbonyl (C=O) groups is 18. The van der Waals surface area contributed by atoms with Gasteiger partial charge in [0.25, 0.3) is 0 Å². The summed E-state index contributed by atoms with van der Waals surface area (Å²) in [7, 11) is 0. The fourth-order valence-electron chi connectivity index (χ4n) is 14.2. The Hall–Kier alpha value is -10.4. The molecule has 0 unspecified atom stereocenters. The lowest BCUT2D eigenvalue weighted by Gasteiger charge is -2.44.